The molecule has 8 heteroatoms. The molecule has 4 rings (SSSR count). The van der Waals surface area contributed by atoms with Gasteiger partial charge in [-0.1, -0.05) is 60.3 Å². The Labute approximate surface area is 209 Å². The number of para-hydroxylation sites is 2. The van der Waals surface area contributed by atoms with Crippen LogP contribution >= 0.6 is 11.8 Å². The summed E-state index contributed by atoms with van der Waals surface area (Å²) in [4.78, 5) is 15.1. The van der Waals surface area contributed by atoms with Gasteiger partial charge in [0.25, 0.3) is 10.0 Å². The molecule has 0 unspecified atom stereocenters. The number of benzene rings is 4. The third-order valence-electron chi connectivity index (χ3n) is 5.11. The number of nitrogens with one attached hydrogen (secondary N) is 1. The van der Waals surface area contributed by atoms with Crippen LogP contribution in [0.1, 0.15) is 0 Å². The third kappa shape index (κ3) is 6.03. The van der Waals surface area contributed by atoms with Crippen molar-refractivity contribution in [3.8, 4) is 5.75 Å². The highest BCUT2D eigenvalue weighted by atomic mass is 32.2. The van der Waals surface area contributed by atoms with Crippen molar-refractivity contribution in [2.45, 2.75) is 14.7 Å². The Hall–Kier alpha value is -3.75. The van der Waals surface area contributed by atoms with Crippen LogP contribution in [0.25, 0.3) is 0 Å². The zero-order valence-electron chi connectivity index (χ0n) is 19.0. The first-order valence-electron chi connectivity index (χ1n) is 10.8. The van der Waals surface area contributed by atoms with Crippen LogP contribution in [0.4, 0.5) is 11.4 Å². The average molecular weight is 505 g/mol. The first-order chi connectivity index (χ1) is 17.0. The molecular weight excluding hydrogens is 480 g/mol. The number of hydrogen-bond acceptors (Lipinski definition) is 5. The lowest BCUT2D eigenvalue weighted by Gasteiger charge is -2.24. The van der Waals surface area contributed by atoms with E-state index in [9.17, 15) is 13.2 Å². The number of sulfonamides is 1. The van der Waals surface area contributed by atoms with Gasteiger partial charge in [0.1, 0.15) is 12.3 Å². The summed E-state index contributed by atoms with van der Waals surface area (Å²) in [6.45, 7) is -0.386. The molecule has 0 saturated heterocycles. The molecule has 0 atom stereocenters. The van der Waals surface area contributed by atoms with Crippen LogP contribution in [0.15, 0.2) is 124 Å². The highest BCUT2D eigenvalue weighted by Crippen LogP contribution is 2.33. The number of amides is 1. The molecule has 0 saturated carbocycles. The molecule has 6 nitrogen and oxygen atoms in total. The van der Waals surface area contributed by atoms with Crippen LogP contribution < -0.4 is 14.4 Å². The Kier molecular flexibility index (Phi) is 7.74. The second-order valence-electron chi connectivity index (χ2n) is 7.48. The van der Waals surface area contributed by atoms with E-state index in [1.807, 2.05) is 48.5 Å². The number of nitrogens with zero attached hydrogens (tertiary/aromatic N) is 1. The molecule has 0 aliphatic rings. The van der Waals surface area contributed by atoms with Gasteiger partial charge in [0.2, 0.25) is 5.91 Å². The van der Waals surface area contributed by atoms with Gasteiger partial charge in [-0.05, 0) is 60.7 Å². The van der Waals surface area contributed by atoms with Crippen molar-refractivity contribution in [2.75, 3.05) is 23.3 Å². The lowest BCUT2D eigenvalue weighted by Crippen LogP contribution is -2.38. The number of anilines is 2. The Morgan fingerprint density at radius 1 is 0.829 bits per heavy atom. The highest BCUT2D eigenvalue weighted by Gasteiger charge is 2.27. The van der Waals surface area contributed by atoms with Gasteiger partial charge in [-0.2, -0.15) is 0 Å². The maximum absolute atomic E-state index is 13.5. The molecule has 35 heavy (non-hydrogen) atoms. The van der Waals surface area contributed by atoms with E-state index in [0.29, 0.717) is 17.1 Å². The topological polar surface area (TPSA) is 75.7 Å². The average Bonchev–Trinajstić information content (AvgIpc) is 2.89. The third-order valence-corrected chi connectivity index (χ3v) is 7.98. The van der Waals surface area contributed by atoms with Crippen LogP contribution in [0.3, 0.4) is 0 Å². The molecule has 0 heterocycles. The molecule has 0 fully saturated rings. The molecular formula is C27H24N2O4S2. The minimum atomic E-state index is -4.01. The molecule has 1 N–H and O–H groups in total. The predicted octanol–water partition coefficient (Wildman–Crippen LogP) is 5.68. The Bertz CT molecular complexity index is 1380. The van der Waals surface area contributed by atoms with Crippen LogP contribution in [-0.4, -0.2) is 28.0 Å². The zero-order chi connectivity index (χ0) is 24.7. The van der Waals surface area contributed by atoms with E-state index in [4.69, 9.17) is 4.74 Å². The van der Waals surface area contributed by atoms with Gasteiger partial charge < -0.3 is 10.1 Å². The number of rotatable bonds is 9. The summed E-state index contributed by atoms with van der Waals surface area (Å²) in [7, 11) is -2.50. The summed E-state index contributed by atoms with van der Waals surface area (Å²) < 4.78 is 33.3. The first-order valence-corrected chi connectivity index (χ1v) is 13.1. The minimum absolute atomic E-state index is 0.0648. The number of carbonyl (C=O) groups excluding carboxylic acids is 1. The lowest BCUT2D eigenvalue weighted by molar-refractivity contribution is -0.114. The van der Waals surface area contributed by atoms with E-state index in [2.05, 4.69) is 5.32 Å². The minimum Gasteiger partial charge on any atom is -0.497 e. The van der Waals surface area contributed by atoms with E-state index >= 15 is 0 Å². The molecule has 0 aliphatic heterocycles. The van der Waals surface area contributed by atoms with E-state index in [1.54, 1.807) is 48.5 Å². The predicted molar refractivity (Wildman–Crippen MR) is 140 cm³/mol. The Morgan fingerprint density at radius 3 is 2.09 bits per heavy atom. The van der Waals surface area contributed by atoms with Crippen LogP contribution in [0.2, 0.25) is 0 Å². The Balaban J connectivity index is 1.59. The molecule has 0 spiro atoms. The number of hydrogen-bond donors (Lipinski definition) is 1. The molecule has 0 bridgehead atoms. The normalized spacial score (nSPS) is 11.0. The molecule has 178 valence electrons. The Morgan fingerprint density at radius 2 is 1.43 bits per heavy atom. The van der Waals surface area contributed by atoms with Gasteiger partial charge in [-0.25, -0.2) is 8.42 Å². The van der Waals surface area contributed by atoms with Crippen molar-refractivity contribution in [1.82, 2.24) is 0 Å². The van der Waals surface area contributed by atoms with E-state index in [-0.39, 0.29) is 11.4 Å². The number of carbonyl (C=O) groups is 1. The summed E-state index contributed by atoms with van der Waals surface area (Å²) in [6.07, 6.45) is 0. The van der Waals surface area contributed by atoms with Gasteiger partial charge in [0.05, 0.1) is 23.4 Å². The van der Waals surface area contributed by atoms with Gasteiger partial charge >= 0.3 is 0 Å². The standard InChI is InChI=1S/C27H24N2O4S2/c1-33-22-16-18-24(19-17-22)35(31,32)29(21-10-4-2-5-11-21)20-27(30)28-25-14-8-9-15-26(25)34-23-12-6-3-7-13-23/h2-19H,20H2,1H3,(H,28,30). The fourth-order valence-electron chi connectivity index (χ4n) is 3.38. The monoisotopic (exact) mass is 504 g/mol. The van der Waals surface area contributed by atoms with Crippen LogP contribution in [0, 0.1) is 0 Å². The van der Waals surface area contributed by atoms with Gasteiger partial charge in [0.15, 0.2) is 0 Å². The van der Waals surface area contributed by atoms with Crippen LogP contribution in [0.5, 0.6) is 5.75 Å². The maximum Gasteiger partial charge on any atom is 0.264 e. The van der Waals surface area contributed by atoms with Crippen molar-refractivity contribution >= 4 is 39.1 Å². The van der Waals surface area contributed by atoms with Crippen molar-refractivity contribution < 1.29 is 17.9 Å². The molecule has 0 radical (unpaired) electrons. The molecule has 0 aromatic heterocycles. The quantitative estimate of drug-likeness (QED) is 0.317. The smallest absolute Gasteiger partial charge is 0.264 e. The van der Waals surface area contributed by atoms with E-state index in [1.165, 1.54) is 31.0 Å². The summed E-state index contributed by atoms with van der Waals surface area (Å²) in [5.74, 6) is 0.0903. The van der Waals surface area contributed by atoms with Crippen LogP contribution in [-0.2, 0) is 14.8 Å². The number of methoxy groups -OCH3 is 1. The second kappa shape index (κ2) is 11.1. The molecule has 0 aliphatic carbocycles. The van der Waals surface area contributed by atoms with Crippen molar-refractivity contribution in [3.63, 3.8) is 0 Å². The SMILES string of the molecule is COc1ccc(S(=O)(=O)N(CC(=O)Nc2ccccc2Sc2ccccc2)c2ccccc2)cc1. The largest absolute Gasteiger partial charge is 0.497 e. The van der Waals surface area contributed by atoms with Gasteiger partial charge in [0, 0.05) is 9.79 Å². The van der Waals surface area contributed by atoms with Crippen molar-refractivity contribution in [2.24, 2.45) is 0 Å². The summed E-state index contributed by atoms with van der Waals surface area (Å²) in [5, 5.41) is 2.89. The lowest BCUT2D eigenvalue weighted by atomic mass is 10.3. The second-order valence-corrected chi connectivity index (χ2v) is 10.5. The zero-order valence-corrected chi connectivity index (χ0v) is 20.6. The van der Waals surface area contributed by atoms with Crippen molar-refractivity contribution in [3.05, 3.63) is 109 Å². The highest BCUT2D eigenvalue weighted by molar-refractivity contribution is 7.99. The summed E-state index contributed by atoms with van der Waals surface area (Å²) in [5.41, 5.74) is 1.01. The van der Waals surface area contributed by atoms with E-state index in [0.717, 1.165) is 14.1 Å². The summed E-state index contributed by atoms with van der Waals surface area (Å²) in [6, 6.07) is 31.9. The maximum atomic E-state index is 13.5. The number of ether oxygens (including phenoxy) is 1. The fraction of sp³-hybridized carbons (Fsp3) is 0.0741. The molecule has 1 amide bonds. The summed E-state index contributed by atoms with van der Waals surface area (Å²) >= 11 is 1.52. The first kappa shape index (κ1) is 24.4. The van der Waals surface area contributed by atoms with Gasteiger partial charge in [-0.3, -0.25) is 9.10 Å². The molecule has 4 aromatic carbocycles. The molecule has 4 aromatic rings. The van der Waals surface area contributed by atoms with Crippen molar-refractivity contribution in [1.29, 1.82) is 0 Å². The van der Waals surface area contributed by atoms with Gasteiger partial charge in [-0.15, -0.1) is 0 Å². The fourth-order valence-corrected chi connectivity index (χ4v) is 5.72. The van der Waals surface area contributed by atoms with E-state index < -0.39 is 15.9 Å².